The van der Waals surface area contributed by atoms with E-state index in [9.17, 15) is 5.11 Å². The minimum absolute atomic E-state index is 0.148. The number of aromatic hydroxyl groups is 1. The van der Waals surface area contributed by atoms with Gasteiger partial charge in [0.25, 0.3) is 0 Å². The fourth-order valence-electron chi connectivity index (χ4n) is 1.66. The molecule has 0 aliphatic carbocycles. The Kier molecular flexibility index (Phi) is 4.71. The number of phenolic OH excluding ortho intramolecular Hbond substituents is 1. The lowest BCUT2D eigenvalue weighted by atomic mass is 10.2. The summed E-state index contributed by atoms with van der Waals surface area (Å²) >= 11 is 6.94. The number of halogens is 2. The van der Waals surface area contributed by atoms with Crippen LogP contribution in [0, 0.1) is 0 Å². The van der Waals surface area contributed by atoms with Gasteiger partial charge in [0.2, 0.25) is 0 Å². The predicted octanol–water partition coefficient (Wildman–Crippen LogP) is 4.54. The van der Waals surface area contributed by atoms with Crippen molar-refractivity contribution >= 4 is 37.5 Å². The number of hydrogen-bond donors (Lipinski definition) is 2. The van der Waals surface area contributed by atoms with Crippen LogP contribution in [-0.2, 0) is 6.54 Å². The first kappa shape index (κ1) is 14.2. The van der Waals surface area contributed by atoms with Crippen LogP contribution in [0.1, 0.15) is 5.56 Å². The molecule has 0 aromatic heterocycles. The summed E-state index contributed by atoms with van der Waals surface area (Å²) in [7, 11) is 1.54. The third kappa shape index (κ3) is 3.64. The summed E-state index contributed by atoms with van der Waals surface area (Å²) in [5.41, 5.74) is 2.03. The lowest BCUT2D eigenvalue weighted by Gasteiger charge is -2.11. The van der Waals surface area contributed by atoms with Crippen molar-refractivity contribution in [2.45, 2.75) is 6.54 Å². The van der Waals surface area contributed by atoms with Crippen LogP contribution < -0.4 is 10.1 Å². The highest BCUT2D eigenvalue weighted by atomic mass is 79.9. The number of rotatable bonds is 4. The van der Waals surface area contributed by atoms with Crippen LogP contribution >= 0.6 is 31.9 Å². The minimum atomic E-state index is 0.148. The Hall–Kier alpha value is -1.20. The van der Waals surface area contributed by atoms with Crippen molar-refractivity contribution in [1.82, 2.24) is 0 Å². The molecule has 5 heteroatoms. The number of methoxy groups -OCH3 is 1. The average molecular weight is 387 g/mol. The summed E-state index contributed by atoms with van der Waals surface area (Å²) in [6.45, 7) is 0.645. The number of nitrogens with one attached hydrogen (secondary N) is 1. The van der Waals surface area contributed by atoms with Crippen LogP contribution in [0.25, 0.3) is 0 Å². The molecule has 2 N–H and O–H groups in total. The SMILES string of the molecule is COc1cc(CNc2cc(Br)ccc2Br)ccc1O. The van der Waals surface area contributed by atoms with Gasteiger partial charge in [0.05, 0.1) is 7.11 Å². The van der Waals surface area contributed by atoms with E-state index in [1.807, 2.05) is 30.3 Å². The molecule has 0 fully saturated rings. The van der Waals surface area contributed by atoms with Crippen molar-refractivity contribution in [1.29, 1.82) is 0 Å². The maximum absolute atomic E-state index is 9.54. The molecule has 0 saturated heterocycles. The molecule has 0 unspecified atom stereocenters. The van der Waals surface area contributed by atoms with E-state index in [1.54, 1.807) is 6.07 Å². The first-order valence-electron chi connectivity index (χ1n) is 5.65. The highest BCUT2D eigenvalue weighted by Gasteiger charge is 2.04. The van der Waals surface area contributed by atoms with Gasteiger partial charge < -0.3 is 15.2 Å². The van der Waals surface area contributed by atoms with E-state index in [0.717, 1.165) is 20.2 Å². The molecule has 2 aromatic rings. The normalized spacial score (nSPS) is 10.3. The zero-order valence-corrected chi connectivity index (χ0v) is 13.5. The second-order valence-corrected chi connectivity index (χ2v) is 5.75. The molecular weight excluding hydrogens is 374 g/mol. The topological polar surface area (TPSA) is 41.5 Å². The summed E-state index contributed by atoms with van der Waals surface area (Å²) in [6, 6.07) is 11.3. The molecule has 0 bridgehead atoms. The summed E-state index contributed by atoms with van der Waals surface area (Å²) < 4.78 is 7.10. The summed E-state index contributed by atoms with van der Waals surface area (Å²) in [5, 5.41) is 12.9. The van der Waals surface area contributed by atoms with Crippen LogP contribution in [0.3, 0.4) is 0 Å². The molecule has 0 radical (unpaired) electrons. The second-order valence-electron chi connectivity index (χ2n) is 3.98. The molecule has 0 heterocycles. The van der Waals surface area contributed by atoms with Gasteiger partial charge in [-0.1, -0.05) is 22.0 Å². The maximum atomic E-state index is 9.54. The standard InChI is InChI=1S/C14H13Br2NO2/c1-19-14-6-9(2-5-13(14)18)8-17-12-7-10(15)3-4-11(12)16/h2-7,17-18H,8H2,1H3. The Morgan fingerprint density at radius 1 is 1.16 bits per heavy atom. The first-order valence-corrected chi connectivity index (χ1v) is 7.23. The van der Waals surface area contributed by atoms with Crippen LogP contribution in [0.4, 0.5) is 5.69 Å². The van der Waals surface area contributed by atoms with Crippen molar-refractivity contribution in [2.75, 3.05) is 12.4 Å². The van der Waals surface area contributed by atoms with Crippen LogP contribution in [0.5, 0.6) is 11.5 Å². The van der Waals surface area contributed by atoms with Gasteiger partial charge in [-0.3, -0.25) is 0 Å². The quantitative estimate of drug-likeness (QED) is 0.810. The Morgan fingerprint density at radius 3 is 2.68 bits per heavy atom. The summed E-state index contributed by atoms with van der Waals surface area (Å²) in [6.07, 6.45) is 0. The Morgan fingerprint density at radius 2 is 1.95 bits per heavy atom. The number of anilines is 1. The molecule has 0 aliphatic heterocycles. The van der Waals surface area contributed by atoms with Crippen molar-refractivity contribution in [3.05, 3.63) is 50.9 Å². The second kappa shape index (κ2) is 6.30. The molecule has 100 valence electrons. The fourth-order valence-corrected chi connectivity index (χ4v) is 2.41. The Balaban J connectivity index is 2.12. The van der Waals surface area contributed by atoms with Crippen LogP contribution in [-0.4, -0.2) is 12.2 Å². The van der Waals surface area contributed by atoms with Crippen LogP contribution in [0.2, 0.25) is 0 Å². The molecule has 0 spiro atoms. The highest BCUT2D eigenvalue weighted by molar-refractivity contribution is 9.11. The molecule has 3 nitrogen and oxygen atoms in total. The average Bonchev–Trinajstić information content (AvgIpc) is 2.41. The van der Waals surface area contributed by atoms with E-state index in [4.69, 9.17) is 4.74 Å². The molecule has 2 aromatic carbocycles. The van der Waals surface area contributed by atoms with E-state index >= 15 is 0 Å². The van der Waals surface area contributed by atoms with Gasteiger partial charge in [-0.15, -0.1) is 0 Å². The monoisotopic (exact) mass is 385 g/mol. The lowest BCUT2D eigenvalue weighted by Crippen LogP contribution is -2.00. The minimum Gasteiger partial charge on any atom is -0.504 e. The van der Waals surface area contributed by atoms with Gasteiger partial charge in [-0.05, 0) is 51.8 Å². The third-order valence-corrected chi connectivity index (χ3v) is 3.84. The van der Waals surface area contributed by atoms with Gasteiger partial charge in [0.15, 0.2) is 11.5 Å². The maximum Gasteiger partial charge on any atom is 0.160 e. The number of ether oxygens (including phenoxy) is 1. The van der Waals surface area contributed by atoms with Crippen LogP contribution in [0.15, 0.2) is 45.3 Å². The molecular formula is C14H13Br2NO2. The number of hydrogen-bond acceptors (Lipinski definition) is 3. The van der Waals surface area contributed by atoms with E-state index < -0.39 is 0 Å². The fraction of sp³-hybridized carbons (Fsp3) is 0.143. The smallest absolute Gasteiger partial charge is 0.160 e. The van der Waals surface area contributed by atoms with Crippen molar-refractivity contribution in [3.63, 3.8) is 0 Å². The van der Waals surface area contributed by atoms with E-state index in [-0.39, 0.29) is 5.75 Å². The lowest BCUT2D eigenvalue weighted by molar-refractivity contribution is 0.373. The van der Waals surface area contributed by atoms with E-state index in [2.05, 4.69) is 37.2 Å². The Bertz CT molecular complexity index is 588. The molecule has 0 atom stereocenters. The largest absolute Gasteiger partial charge is 0.504 e. The summed E-state index contributed by atoms with van der Waals surface area (Å²) in [5.74, 6) is 0.627. The highest BCUT2D eigenvalue weighted by Crippen LogP contribution is 2.29. The van der Waals surface area contributed by atoms with Gasteiger partial charge in [-0.25, -0.2) is 0 Å². The molecule has 19 heavy (non-hydrogen) atoms. The van der Waals surface area contributed by atoms with Gasteiger partial charge in [0.1, 0.15) is 0 Å². The molecule has 2 rings (SSSR count). The number of benzene rings is 2. The summed E-state index contributed by atoms with van der Waals surface area (Å²) in [4.78, 5) is 0. The van der Waals surface area contributed by atoms with Gasteiger partial charge in [0, 0.05) is 21.2 Å². The zero-order chi connectivity index (χ0) is 13.8. The molecule has 0 aliphatic rings. The predicted molar refractivity (Wildman–Crippen MR) is 83.8 cm³/mol. The van der Waals surface area contributed by atoms with Crippen molar-refractivity contribution in [3.8, 4) is 11.5 Å². The Labute approximate surface area is 128 Å². The zero-order valence-electron chi connectivity index (χ0n) is 10.3. The van der Waals surface area contributed by atoms with E-state index in [0.29, 0.717) is 12.3 Å². The van der Waals surface area contributed by atoms with Gasteiger partial charge in [-0.2, -0.15) is 0 Å². The van der Waals surface area contributed by atoms with Crippen molar-refractivity contribution in [2.24, 2.45) is 0 Å². The molecule has 0 saturated carbocycles. The van der Waals surface area contributed by atoms with E-state index in [1.165, 1.54) is 7.11 Å². The van der Waals surface area contributed by atoms with Crippen molar-refractivity contribution < 1.29 is 9.84 Å². The van der Waals surface area contributed by atoms with Gasteiger partial charge >= 0.3 is 0 Å². The number of phenols is 1. The molecule has 0 amide bonds. The first-order chi connectivity index (χ1) is 9.10. The third-order valence-electron chi connectivity index (χ3n) is 2.66.